The SMILES string of the molecule is COc1nccc2c1C(c1ccncc1)=NC2.COc1nccc2c1c(-c1ccncc1)nn2C.COc1nccc2c1c(I)nn2C. The Balaban J connectivity index is 0.000000127. The van der Waals surface area contributed by atoms with Crippen LogP contribution in [0.2, 0.25) is 0 Å². The van der Waals surface area contributed by atoms with Crippen molar-refractivity contribution in [2.45, 2.75) is 6.54 Å². The van der Waals surface area contributed by atoms with E-state index in [1.54, 1.807) is 64.7 Å². The average Bonchev–Trinajstić information content (AvgIpc) is 3.82. The molecule has 48 heavy (non-hydrogen) atoms. The summed E-state index contributed by atoms with van der Waals surface area (Å²) < 4.78 is 20.3. The Morgan fingerprint density at radius 1 is 0.604 bits per heavy atom. The normalized spacial score (nSPS) is 11.6. The molecule has 0 fully saturated rings. The molecule has 0 amide bonds. The number of nitrogens with zero attached hydrogens (tertiary/aromatic N) is 10. The van der Waals surface area contributed by atoms with Crippen molar-refractivity contribution < 1.29 is 14.2 Å². The molecule has 0 N–H and O–H groups in total. The highest BCUT2D eigenvalue weighted by Gasteiger charge is 2.22. The van der Waals surface area contributed by atoms with Gasteiger partial charge in [-0.25, -0.2) is 15.0 Å². The van der Waals surface area contributed by atoms with Gasteiger partial charge in [-0.15, -0.1) is 0 Å². The van der Waals surface area contributed by atoms with Crippen molar-refractivity contribution in [2.24, 2.45) is 19.1 Å². The minimum absolute atomic E-state index is 0.590. The molecule has 0 unspecified atom stereocenters. The zero-order valence-electron chi connectivity index (χ0n) is 26.9. The molecule has 13 nitrogen and oxygen atoms in total. The van der Waals surface area contributed by atoms with E-state index in [0.717, 1.165) is 59.2 Å². The van der Waals surface area contributed by atoms with E-state index in [0.29, 0.717) is 24.2 Å². The Labute approximate surface area is 289 Å². The summed E-state index contributed by atoms with van der Waals surface area (Å²) in [5.41, 5.74) is 8.04. The Hall–Kier alpha value is -5.51. The lowest BCUT2D eigenvalue weighted by molar-refractivity contribution is 0.397. The molecule has 0 aromatic carbocycles. The van der Waals surface area contributed by atoms with Crippen LogP contribution in [0.5, 0.6) is 17.6 Å². The van der Waals surface area contributed by atoms with Gasteiger partial charge in [0.15, 0.2) is 0 Å². The standard InChI is InChI=1S/C13H12N4O.C13H11N3O.C8H8IN3O/c1-17-10-5-8-15-13(18-2)11(10)12(16-17)9-3-6-14-7-4-9;1-17-13-11-10(4-7-15-13)8-16-12(11)9-2-5-14-6-3-9;1-12-5-3-4-10-8(13-2)6(5)7(9)11-12/h3-8H,1-2H3;2-7H,8H2,1H3;3-4H,1-2H3. The molecule has 1 aliphatic rings. The van der Waals surface area contributed by atoms with Gasteiger partial charge in [0.1, 0.15) is 9.39 Å². The quantitative estimate of drug-likeness (QED) is 0.208. The van der Waals surface area contributed by atoms with Crippen molar-refractivity contribution in [3.63, 3.8) is 0 Å². The predicted octanol–water partition coefficient (Wildman–Crippen LogP) is 5.46. The molecule has 14 heteroatoms. The summed E-state index contributed by atoms with van der Waals surface area (Å²) in [5, 5.41) is 10.7. The van der Waals surface area contributed by atoms with E-state index in [4.69, 9.17) is 14.2 Å². The number of fused-ring (bicyclic) bond motifs is 3. The van der Waals surface area contributed by atoms with Gasteiger partial charge in [-0.05, 0) is 70.6 Å². The number of hydrogen-bond donors (Lipinski definition) is 0. The molecule has 8 rings (SSSR count). The number of methoxy groups -OCH3 is 3. The summed E-state index contributed by atoms with van der Waals surface area (Å²) in [7, 11) is 8.68. The van der Waals surface area contributed by atoms with Gasteiger partial charge >= 0.3 is 0 Å². The van der Waals surface area contributed by atoms with Crippen LogP contribution in [-0.2, 0) is 20.6 Å². The fraction of sp³-hybridized carbons (Fsp3) is 0.176. The van der Waals surface area contributed by atoms with Crippen LogP contribution in [0.4, 0.5) is 0 Å². The van der Waals surface area contributed by atoms with Crippen LogP contribution in [-0.4, -0.2) is 71.5 Å². The van der Waals surface area contributed by atoms with E-state index in [9.17, 15) is 0 Å². The summed E-state index contributed by atoms with van der Waals surface area (Å²) in [4.78, 5) is 25.2. The first-order valence-corrected chi connectivity index (χ1v) is 15.8. The molecule has 8 heterocycles. The van der Waals surface area contributed by atoms with Crippen molar-refractivity contribution in [3.05, 3.63) is 106 Å². The molecule has 0 saturated carbocycles. The fourth-order valence-corrected chi connectivity index (χ4v) is 6.17. The number of aliphatic imine (C=N–C) groups is 1. The second kappa shape index (κ2) is 14.5. The van der Waals surface area contributed by atoms with Gasteiger partial charge in [-0.3, -0.25) is 24.3 Å². The van der Waals surface area contributed by atoms with Gasteiger partial charge in [0.05, 0.1) is 61.0 Å². The summed E-state index contributed by atoms with van der Waals surface area (Å²) in [5.74, 6) is 1.86. The molecule has 0 atom stereocenters. The lowest BCUT2D eigenvalue weighted by Crippen LogP contribution is -2.05. The predicted molar refractivity (Wildman–Crippen MR) is 190 cm³/mol. The topological polar surface area (TPSA) is 140 Å². The fourth-order valence-electron chi connectivity index (χ4n) is 5.34. The van der Waals surface area contributed by atoms with Crippen molar-refractivity contribution in [1.29, 1.82) is 0 Å². The van der Waals surface area contributed by atoms with E-state index in [2.05, 4.69) is 62.7 Å². The summed E-state index contributed by atoms with van der Waals surface area (Å²) in [6.45, 7) is 0.686. The van der Waals surface area contributed by atoms with Crippen molar-refractivity contribution in [1.82, 2.24) is 44.5 Å². The first-order chi connectivity index (χ1) is 23.4. The molecule has 242 valence electrons. The zero-order valence-corrected chi connectivity index (χ0v) is 29.0. The van der Waals surface area contributed by atoms with Crippen molar-refractivity contribution >= 4 is 50.1 Å². The van der Waals surface area contributed by atoms with Gasteiger partial charge in [0.2, 0.25) is 17.6 Å². The molecule has 0 spiro atoms. The highest BCUT2D eigenvalue weighted by atomic mass is 127. The van der Waals surface area contributed by atoms with Gasteiger partial charge in [0, 0.05) is 68.6 Å². The minimum Gasteiger partial charge on any atom is -0.480 e. The van der Waals surface area contributed by atoms with Crippen molar-refractivity contribution in [2.75, 3.05) is 21.3 Å². The number of aromatic nitrogens is 9. The van der Waals surface area contributed by atoms with E-state index in [1.165, 1.54) is 0 Å². The van der Waals surface area contributed by atoms with Crippen LogP contribution in [0, 0.1) is 3.70 Å². The molecule has 0 bridgehead atoms. The first-order valence-electron chi connectivity index (χ1n) is 14.7. The smallest absolute Gasteiger partial charge is 0.225 e. The highest BCUT2D eigenvalue weighted by molar-refractivity contribution is 14.1. The Morgan fingerprint density at radius 3 is 1.75 bits per heavy atom. The Morgan fingerprint density at radius 2 is 1.12 bits per heavy atom. The van der Waals surface area contributed by atoms with Crippen LogP contribution >= 0.6 is 22.6 Å². The van der Waals surface area contributed by atoms with E-state index >= 15 is 0 Å². The number of pyridine rings is 5. The van der Waals surface area contributed by atoms with Gasteiger partial charge in [-0.1, -0.05) is 0 Å². The maximum atomic E-state index is 5.32. The Bertz CT molecular complexity index is 2220. The van der Waals surface area contributed by atoms with Crippen LogP contribution in [0.1, 0.15) is 16.7 Å². The lowest BCUT2D eigenvalue weighted by atomic mass is 10.0. The third-order valence-electron chi connectivity index (χ3n) is 7.55. The molecular weight excluding hydrogens is 723 g/mol. The number of ether oxygens (including phenoxy) is 3. The van der Waals surface area contributed by atoms with E-state index in [1.807, 2.05) is 65.9 Å². The summed E-state index contributed by atoms with van der Waals surface area (Å²) in [6.07, 6.45) is 12.2. The summed E-state index contributed by atoms with van der Waals surface area (Å²) >= 11 is 2.18. The highest BCUT2D eigenvalue weighted by Crippen LogP contribution is 2.33. The second-order valence-corrected chi connectivity index (χ2v) is 11.3. The molecule has 7 aromatic heterocycles. The maximum Gasteiger partial charge on any atom is 0.225 e. The molecule has 0 aliphatic carbocycles. The second-order valence-electron chi connectivity index (χ2n) is 10.3. The van der Waals surface area contributed by atoms with E-state index < -0.39 is 0 Å². The number of rotatable bonds is 5. The first kappa shape index (κ1) is 32.4. The number of halogens is 1. The maximum absolute atomic E-state index is 5.32. The largest absolute Gasteiger partial charge is 0.480 e. The van der Waals surface area contributed by atoms with Crippen LogP contribution in [0.3, 0.4) is 0 Å². The molecular formula is C34H31IN10O3. The summed E-state index contributed by atoms with van der Waals surface area (Å²) in [6, 6.07) is 13.6. The van der Waals surface area contributed by atoms with Gasteiger partial charge in [0.25, 0.3) is 0 Å². The van der Waals surface area contributed by atoms with Gasteiger partial charge in [-0.2, -0.15) is 10.2 Å². The minimum atomic E-state index is 0.590. The molecule has 0 radical (unpaired) electrons. The zero-order chi connectivity index (χ0) is 33.6. The van der Waals surface area contributed by atoms with Crippen molar-refractivity contribution in [3.8, 4) is 28.9 Å². The molecule has 7 aromatic rings. The molecule has 0 saturated heterocycles. The number of aryl methyl sites for hydroxylation is 2. The monoisotopic (exact) mass is 754 g/mol. The van der Waals surface area contributed by atoms with E-state index in [-0.39, 0.29) is 0 Å². The van der Waals surface area contributed by atoms with Crippen LogP contribution in [0.25, 0.3) is 33.1 Å². The molecule has 1 aliphatic heterocycles. The van der Waals surface area contributed by atoms with Crippen LogP contribution < -0.4 is 14.2 Å². The third-order valence-corrected chi connectivity index (χ3v) is 8.31. The number of hydrogen-bond acceptors (Lipinski definition) is 11. The Kier molecular flexibility index (Phi) is 9.80. The third kappa shape index (κ3) is 6.38. The van der Waals surface area contributed by atoms with Crippen LogP contribution in [0.15, 0.2) is 90.8 Å². The van der Waals surface area contributed by atoms with Gasteiger partial charge < -0.3 is 14.2 Å². The average molecular weight is 755 g/mol. The lowest BCUT2D eigenvalue weighted by Gasteiger charge is -2.07.